The molecule has 9 rings (SSSR count). The van der Waals surface area contributed by atoms with E-state index in [0.717, 1.165) is 43.1 Å². The molecule has 0 unspecified atom stereocenters. The molecule has 0 aliphatic heterocycles. The Morgan fingerprint density at radius 1 is 0.319 bits per heavy atom. The van der Waals surface area contributed by atoms with E-state index in [9.17, 15) is 0 Å². The Morgan fingerprint density at radius 2 is 0.787 bits per heavy atom. The molecule has 0 N–H and O–H groups in total. The maximum atomic E-state index is 5.14. The number of aromatic nitrogens is 3. The van der Waals surface area contributed by atoms with Crippen molar-refractivity contribution >= 4 is 63.6 Å². The van der Waals surface area contributed by atoms with Crippen LogP contribution in [0, 0.1) is 0 Å². The fourth-order valence-electron chi connectivity index (χ4n) is 6.63. The van der Waals surface area contributed by atoms with Crippen molar-refractivity contribution in [1.82, 2.24) is 15.0 Å². The first kappa shape index (κ1) is 27.6. The zero-order valence-corrected chi connectivity index (χ0v) is 27.2. The van der Waals surface area contributed by atoms with Crippen molar-refractivity contribution in [3.63, 3.8) is 0 Å². The summed E-state index contributed by atoms with van der Waals surface area (Å²) in [7, 11) is 0. The number of hydrogen-bond acceptors (Lipinski definition) is 3. The summed E-state index contributed by atoms with van der Waals surface area (Å²) in [5.74, 6) is 1.95. The van der Waals surface area contributed by atoms with Crippen molar-refractivity contribution in [2.75, 3.05) is 0 Å². The molecule has 3 nitrogen and oxygen atoms in total. The number of nitrogens with zero attached hydrogens (tertiary/aromatic N) is 3. The van der Waals surface area contributed by atoms with Crippen molar-refractivity contribution in [2.45, 2.75) is 0 Å². The third-order valence-corrected chi connectivity index (χ3v) is 10.0. The van der Waals surface area contributed by atoms with E-state index in [0.29, 0.717) is 17.5 Å². The van der Waals surface area contributed by atoms with Crippen LogP contribution >= 0.6 is 0 Å². The number of hydrogen-bond donors (Lipinski definition) is 0. The molecule has 0 amide bonds. The van der Waals surface area contributed by atoms with Gasteiger partial charge in [-0.2, -0.15) is 0 Å². The molecule has 4 heteroatoms. The molecule has 0 spiro atoms. The summed E-state index contributed by atoms with van der Waals surface area (Å²) in [6.45, 7) is 0. The van der Waals surface area contributed by atoms with Gasteiger partial charge in [0.2, 0.25) is 0 Å². The summed E-state index contributed by atoms with van der Waals surface area (Å²) >= 11 is 2.75. The Labute approximate surface area is 280 Å². The van der Waals surface area contributed by atoms with Crippen LogP contribution in [0.1, 0.15) is 0 Å². The number of fused-ring (bicyclic) bond motifs is 6. The second-order valence-electron chi connectivity index (χ2n) is 11.8. The van der Waals surface area contributed by atoms with Gasteiger partial charge in [-0.1, -0.05) is 12.1 Å². The molecule has 0 aliphatic carbocycles. The second-order valence-corrected chi connectivity index (χ2v) is 12.8. The first-order valence-electron chi connectivity index (χ1n) is 15.7. The van der Waals surface area contributed by atoms with Gasteiger partial charge >= 0.3 is 269 Å². The van der Waals surface area contributed by atoms with Gasteiger partial charge in [0.1, 0.15) is 0 Å². The number of rotatable bonds is 4. The molecule has 0 atom stereocenters. The molecule has 0 saturated heterocycles. The third-order valence-electron chi connectivity index (χ3n) is 9.00. The van der Waals surface area contributed by atoms with Gasteiger partial charge in [0.05, 0.1) is 0 Å². The van der Waals surface area contributed by atoms with Gasteiger partial charge < -0.3 is 0 Å². The minimum atomic E-state index is 0.649. The molecule has 9 aromatic rings. The van der Waals surface area contributed by atoms with Gasteiger partial charge in [-0.3, -0.25) is 0 Å². The fraction of sp³-hybridized carbons (Fsp3) is 0. The zero-order chi connectivity index (χ0) is 31.3. The Kier molecular flexibility index (Phi) is 6.64. The summed E-state index contributed by atoms with van der Waals surface area (Å²) in [4.78, 5) is 15.4. The van der Waals surface area contributed by atoms with E-state index in [1.54, 1.807) is 0 Å². The molecule has 1 heterocycles. The van der Waals surface area contributed by atoms with Crippen molar-refractivity contribution in [1.29, 1.82) is 0 Å². The van der Waals surface area contributed by atoms with Crippen LogP contribution in [-0.2, 0) is 0 Å². The maximum absolute atomic E-state index is 5.14. The van der Waals surface area contributed by atoms with Crippen molar-refractivity contribution in [2.24, 2.45) is 0 Å². The molecule has 0 fully saturated rings. The monoisotopic (exact) mass is 665 g/mol. The van der Waals surface area contributed by atoms with Crippen molar-refractivity contribution < 1.29 is 0 Å². The van der Waals surface area contributed by atoms with Crippen LogP contribution in [0.2, 0.25) is 0 Å². The van der Waals surface area contributed by atoms with E-state index < -0.39 is 0 Å². The van der Waals surface area contributed by atoms with Crippen LogP contribution in [0.4, 0.5) is 0 Å². The van der Waals surface area contributed by atoms with Gasteiger partial charge in [-0.15, -0.1) is 0 Å². The van der Waals surface area contributed by atoms with Crippen molar-refractivity contribution in [3.05, 3.63) is 158 Å². The Morgan fingerprint density at radius 3 is 1.38 bits per heavy atom. The molecular weight excluding hydrogens is 637 g/mol. The molecule has 220 valence electrons. The molecule has 1 aromatic heterocycles. The molecule has 0 radical (unpaired) electrons. The Balaban J connectivity index is 1.25. The van der Waals surface area contributed by atoms with E-state index in [1.807, 2.05) is 6.07 Å². The normalized spacial score (nSPS) is 11.5. The topological polar surface area (TPSA) is 38.7 Å². The molecule has 0 aliphatic rings. The quantitative estimate of drug-likeness (QED) is 0.139. The molecule has 47 heavy (non-hydrogen) atoms. The van der Waals surface area contributed by atoms with Crippen LogP contribution in [0.25, 0.3) is 88.4 Å². The molecular formula is C43H27N3Se. The third kappa shape index (κ3) is 4.87. The second kappa shape index (κ2) is 11.3. The van der Waals surface area contributed by atoms with E-state index in [1.165, 1.54) is 32.3 Å². The zero-order valence-electron chi connectivity index (χ0n) is 25.3. The summed E-state index contributed by atoms with van der Waals surface area (Å²) in [6.07, 6.45) is 0. The van der Waals surface area contributed by atoms with E-state index in [4.69, 9.17) is 15.0 Å². The minimum absolute atomic E-state index is 0.649. The van der Waals surface area contributed by atoms with Gasteiger partial charge in [0.15, 0.2) is 0 Å². The predicted octanol–water partition coefficient (Wildman–Crippen LogP) is 9.68. The van der Waals surface area contributed by atoms with E-state index >= 15 is 0 Å². The van der Waals surface area contributed by atoms with Crippen LogP contribution in [0.3, 0.4) is 0 Å². The predicted molar refractivity (Wildman–Crippen MR) is 198 cm³/mol. The molecule has 8 aromatic carbocycles. The van der Waals surface area contributed by atoms with E-state index in [-0.39, 0.29) is 0 Å². The van der Waals surface area contributed by atoms with Gasteiger partial charge in [-0.25, -0.2) is 0 Å². The summed E-state index contributed by atoms with van der Waals surface area (Å²) in [6, 6.07) is 55.6. The van der Waals surface area contributed by atoms with Gasteiger partial charge in [0.25, 0.3) is 0 Å². The van der Waals surface area contributed by atoms with E-state index in [2.05, 4.69) is 168 Å². The standard InChI is InChI=1S/C43H27N3Se/c47-40-38(27-9-2-1-3-10-27)15-8-16-39(40)43-45-41(32-21-23-36-30(25-32)19-17-28-11-4-6-13-34(28)36)44-42(46-43)33-22-24-37-31(26-33)20-18-29-12-5-7-14-35(29)37/h1-26,47H. The summed E-state index contributed by atoms with van der Waals surface area (Å²) < 4.78 is 1.07. The first-order valence-corrected chi connectivity index (χ1v) is 16.6. The number of benzene rings is 8. The van der Waals surface area contributed by atoms with Gasteiger partial charge in [0, 0.05) is 0 Å². The summed E-state index contributed by atoms with van der Waals surface area (Å²) in [5, 5.41) is 9.68. The van der Waals surface area contributed by atoms with Crippen LogP contribution in [0.5, 0.6) is 0 Å². The Bertz CT molecular complexity index is 2510. The molecule has 0 saturated carbocycles. The fourth-order valence-corrected chi connectivity index (χ4v) is 7.43. The SMILES string of the molecule is [SeH]c1c(-c2ccccc2)cccc1-c1nc(-c2ccc3c(ccc4ccccc43)c2)nc(-c2ccc3c(ccc4ccccc43)c2)n1. The van der Waals surface area contributed by atoms with Crippen LogP contribution in [0.15, 0.2) is 158 Å². The van der Waals surface area contributed by atoms with Crippen LogP contribution < -0.4 is 4.46 Å². The first-order chi connectivity index (χ1) is 23.2. The van der Waals surface area contributed by atoms with Crippen LogP contribution in [-0.4, -0.2) is 31.0 Å². The molecule has 0 bridgehead atoms. The summed E-state index contributed by atoms with van der Waals surface area (Å²) in [5.41, 5.74) is 5.17. The average Bonchev–Trinajstić information content (AvgIpc) is 3.14. The van der Waals surface area contributed by atoms with Gasteiger partial charge in [-0.05, 0) is 0 Å². The average molecular weight is 665 g/mol. The Hall–Kier alpha value is -5.67. The van der Waals surface area contributed by atoms with Crippen molar-refractivity contribution in [3.8, 4) is 45.3 Å².